The van der Waals surface area contributed by atoms with E-state index in [4.69, 9.17) is 16.0 Å². The van der Waals surface area contributed by atoms with Crippen LogP contribution in [0.1, 0.15) is 37.3 Å². The number of likely N-dealkylation sites (N-methyl/N-ethyl adjacent to an activating group) is 1. The van der Waals surface area contributed by atoms with Crippen LogP contribution in [0.2, 0.25) is 5.02 Å². The number of fused-ring (bicyclic) bond motifs is 1. The molecular weight excluding hydrogens is 348 g/mol. The summed E-state index contributed by atoms with van der Waals surface area (Å²) < 4.78 is 5.91. The van der Waals surface area contributed by atoms with Gasteiger partial charge in [-0.15, -0.1) is 0 Å². The van der Waals surface area contributed by atoms with Gasteiger partial charge in [0, 0.05) is 10.4 Å². The van der Waals surface area contributed by atoms with Crippen molar-refractivity contribution in [3.8, 4) is 0 Å². The number of furan rings is 1. The monoisotopic (exact) mass is 370 g/mol. The Bertz CT molecular complexity index is 873. The largest absolute Gasteiger partial charge is 0.459 e. The molecule has 2 atom stereocenters. The molecule has 0 spiro atoms. The topological polar surface area (TPSA) is 45.5 Å². The highest BCUT2D eigenvalue weighted by Gasteiger charge is 2.20. The van der Waals surface area contributed by atoms with Gasteiger partial charge in [0.05, 0.1) is 18.6 Å². The number of benzene rings is 2. The maximum absolute atomic E-state index is 12.4. The van der Waals surface area contributed by atoms with Crippen LogP contribution >= 0.6 is 11.6 Å². The van der Waals surface area contributed by atoms with E-state index in [1.807, 2.05) is 80.4 Å². The summed E-state index contributed by atoms with van der Waals surface area (Å²) in [5.74, 6) is 0.795. The number of halogens is 1. The van der Waals surface area contributed by atoms with Gasteiger partial charge in [-0.05, 0) is 44.7 Å². The molecule has 1 amide bonds. The molecule has 0 fully saturated rings. The second-order valence-electron chi connectivity index (χ2n) is 6.59. The van der Waals surface area contributed by atoms with Crippen molar-refractivity contribution < 1.29 is 9.21 Å². The summed E-state index contributed by atoms with van der Waals surface area (Å²) in [6.07, 6.45) is 0. The molecule has 1 N–H and O–H groups in total. The fraction of sp³-hybridized carbons (Fsp3) is 0.286. The van der Waals surface area contributed by atoms with E-state index in [0.29, 0.717) is 5.02 Å². The first-order valence-corrected chi connectivity index (χ1v) is 9.06. The first kappa shape index (κ1) is 18.5. The number of hydrogen-bond acceptors (Lipinski definition) is 3. The number of rotatable bonds is 6. The lowest BCUT2D eigenvalue weighted by Gasteiger charge is -2.23. The molecule has 3 rings (SSSR count). The summed E-state index contributed by atoms with van der Waals surface area (Å²) >= 11 is 6.20. The molecule has 0 aliphatic heterocycles. The first-order chi connectivity index (χ1) is 12.5. The van der Waals surface area contributed by atoms with Crippen molar-refractivity contribution in [1.82, 2.24) is 10.2 Å². The summed E-state index contributed by atoms with van der Waals surface area (Å²) in [6.45, 7) is 4.23. The number of carbonyl (C=O) groups excluding carboxylic acids is 1. The zero-order chi connectivity index (χ0) is 18.7. The Hall–Kier alpha value is -2.30. The summed E-state index contributed by atoms with van der Waals surface area (Å²) in [4.78, 5) is 14.4. The van der Waals surface area contributed by atoms with Gasteiger partial charge in [-0.3, -0.25) is 9.69 Å². The van der Waals surface area contributed by atoms with Crippen molar-refractivity contribution in [1.29, 1.82) is 0 Å². The van der Waals surface area contributed by atoms with Crippen molar-refractivity contribution in [2.75, 3.05) is 13.6 Å². The van der Waals surface area contributed by atoms with Crippen LogP contribution in [0.4, 0.5) is 0 Å². The Morgan fingerprint density at radius 1 is 1.15 bits per heavy atom. The van der Waals surface area contributed by atoms with E-state index < -0.39 is 0 Å². The molecule has 1 aromatic heterocycles. The predicted molar refractivity (Wildman–Crippen MR) is 105 cm³/mol. The van der Waals surface area contributed by atoms with Crippen molar-refractivity contribution in [2.24, 2.45) is 0 Å². The summed E-state index contributed by atoms with van der Waals surface area (Å²) in [5, 5.41) is 4.73. The average molecular weight is 371 g/mol. The molecule has 0 saturated carbocycles. The van der Waals surface area contributed by atoms with E-state index in [1.165, 1.54) is 0 Å². The molecule has 0 radical (unpaired) electrons. The zero-order valence-electron chi connectivity index (χ0n) is 15.2. The summed E-state index contributed by atoms with van der Waals surface area (Å²) in [6, 6.07) is 17.3. The highest BCUT2D eigenvalue weighted by atomic mass is 35.5. The van der Waals surface area contributed by atoms with Crippen LogP contribution in [0.25, 0.3) is 11.0 Å². The van der Waals surface area contributed by atoms with Gasteiger partial charge in [-0.25, -0.2) is 0 Å². The Morgan fingerprint density at radius 3 is 2.58 bits per heavy atom. The summed E-state index contributed by atoms with van der Waals surface area (Å²) in [7, 11) is 1.91. The Balaban J connectivity index is 1.62. The van der Waals surface area contributed by atoms with E-state index in [0.717, 1.165) is 22.3 Å². The molecule has 136 valence electrons. The lowest BCUT2D eigenvalue weighted by atomic mass is 10.1. The van der Waals surface area contributed by atoms with E-state index in [2.05, 4.69) is 5.32 Å². The van der Waals surface area contributed by atoms with Gasteiger partial charge in [0.25, 0.3) is 0 Å². The average Bonchev–Trinajstić information content (AvgIpc) is 3.05. The normalized spacial score (nSPS) is 13.7. The molecule has 1 heterocycles. The van der Waals surface area contributed by atoms with Crippen molar-refractivity contribution in [3.05, 3.63) is 70.9 Å². The zero-order valence-corrected chi connectivity index (χ0v) is 16.0. The lowest BCUT2D eigenvalue weighted by Crippen LogP contribution is -2.37. The maximum Gasteiger partial charge on any atom is 0.234 e. The van der Waals surface area contributed by atoms with E-state index in [1.54, 1.807) is 0 Å². The number of carbonyl (C=O) groups is 1. The van der Waals surface area contributed by atoms with Crippen LogP contribution in [0.3, 0.4) is 0 Å². The SMILES string of the molecule is C[C@H](NC(=O)CN(C)[C@@H](C)c1cc2ccccc2o1)c1ccccc1Cl. The van der Waals surface area contributed by atoms with Crippen LogP contribution in [-0.2, 0) is 4.79 Å². The fourth-order valence-corrected chi connectivity index (χ4v) is 3.28. The molecule has 0 aliphatic carbocycles. The van der Waals surface area contributed by atoms with Crippen molar-refractivity contribution in [3.63, 3.8) is 0 Å². The number of amides is 1. The maximum atomic E-state index is 12.4. The lowest BCUT2D eigenvalue weighted by molar-refractivity contribution is -0.123. The minimum Gasteiger partial charge on any atom is -0.459 e. The number of hydrogen-bond donors (Lipinski definition) is 1. The molecule has 0 saturated heterocycles. The first-order valence-electron chi connectivity index (χ1n) is 8.68. The quantitative estimate of drug-likeness (QED) is 0.667. The van der Waals surface area contributed by atoms with Crippen LogP contribution in [0, 0.1) is 0 Å². The number of nitrogens with zero attached hydrogens (tertiary/aromatic N) is 1. The van der Waals surface area contributed by atoms with Gasteiger partial charge in [0.2, 0.25) is 5.91 Å². The fourth-order valence-electron chi connectivity index (χ4n) is 2.98. The van der Waals surface area contributed by atoms with Crippen molar-refractivity contribution in [2.45, 2.75) is 25.9 Å². The van der Waals surface area contributed by atoms with Crippen molar-refractivity contribution >= 4 is 28.5 Å². The third-order valence-corrected chi connectivity index (χ3v) is 5.00. The number of para-hydroxylation sites is 1. The Morgan fingerprint density at radius 2 is 1.85 bits per heavy atom. The third-order valence-electron chi connectivity index (χ3n) is 4.66. The Kier molecular flexibility index (Phi) is 5.64. The van der Waals surface area contributed by atoms with Gasteiger partial charge in [0.1, 0.15) is 11.3 Å². The number of nitrogens with one attached hydrogen (secondary N) is 1. The molecule has 0 aliphatic rings. The molecule has 0 bridgehead atoms. The third kappa shape index (κ3) is 4.09. The highest BCUT2D eigenvalue weighted by molar-refractivity contribution is 6.31. The standard InChI is InChI=1S/C21H23ClN2O2/c1-14(17-9-5-6-10-18(17)22)23-21(25)13-24(3)15(2)20-12-16-8-4-7-11-19(16)26-20/h4-12,14-15H,13H2,1-3H3,(H,23,25)/t14-,15-/m0/s1. The predicted octanol–water partition coefficient (Wildman–Crippen LogP) is 4.96. The molecule has 4 nitrogen and oxygen atoms in total. The van der Waals surface area contributed by atoms with Gasteiger partial charge in [-0.1, -0.05) is 48.0 Å². The highest BCUT2D eigenvalue weighted by Crippen LogP contribution is 2.26. The smallest absolute Gasteiger partial charge is 0.234 e. The van der Waals surface area contributed by atoms with Gasteiger partial charge in [-0.2, -0.15) is 0 Å². The van der Waals surface area contributed by atoms with Crippen LogP contribution in [0.15, 0.2) is 59.0 Å². The molecule has 0 unspecified atom stereocenters. The molecule has 2 aromatic carbocycles. The van der Waals surface area contributed by atoms with Gasteiger partial charge < -0.3 is 9.73 Å². The van der Waals surface area contributed by atoms with Gasteiger partial charge in [0.15, 0.2) is 0 Å². The Labute approximate surface area is 158 Å². The van der Waals surface area contributed by atoms with E-state index in [-0.39, 0.29) is 24.5 Å². The van der Waals surface area contributed by atoms with E-state index >= 15 is 0 Å². The summed E-state index contributed by atoms with van der Waals surface area (Å²) in [5.41, 5.74) is 1.77. The molecule has 3 aromatic rings. The minimum atomic E-state index is -0.147. The van der Waals surface area contributed by atoms with Crippen LogP contribution in [-0.4, -0.2) is 24.4 Å². The molecular formula is C21H23ClN2O2. The van der Waals surface area contributed by atoms with Crippen LogP contribution in [0.5, 0.6) is 0 Å². The molecule has 26 heavy (non-hydrogen) atoms. The van der Waals surface area contributed by atoms with Crippen LogP contribution < -0.4 is 5.32 Å². The van der Waals surface area contributed by atoms with E-state index in [9.17, 15) is 4.79 Å². The second-order valence-corrected chi connectivity index (χ2v) is 7.00. The second kappa shape index (κ2) is 7.94. The minimum absolute atomic E-state index is 0.0104. The molecule has 5 heteroatoms. The van der Waals surface area contributed by atoms with Gasteiger partial charge >= 0.3 is 0 Å².